The molecule has 19 heavy (non-hydrogen) atoms. The fourth-order valence-electron chi connectivity index (χ4n) is 1.44. The van der Waals surface area contributed by atoms with E-state index in [2.05, 4.69) is 4.98 Å². The minimum atomic E-state index is -4.60. The highest BCUT2D eigenvalue weighted by Crippen LogP contribution is 2.31. The largest absolute Gasteiger partial charge is 0.433 e. The van der Waals surface area contributed by atoms with E-state index in [1.165, 1.54) is 7.11 Å². The Morgan fingerprint density at radius 3 is 2.37 bits per heavy atom. The molecule has 106 valence electrons. The Labute approximate surface area is 113 Å². The van der Waals surface area contributed by atoms with Crippen molar-refractivity contribution < 1.29 is 22.7 Å². The van der Waals surface area contributed by atoms with Crippen LogP contribution in [-0.4, -0.2) is 23.5 Å². The molecule has 1 aromatic rings. The van der Waals surface area contributed by atoms with Crippen molar-refractivity contribution in [2.75, 3.05) is 7.11 Å². The molecule has 0 fully saturated rings. The maximum Gasteiger partial charge on any atom is 0.433 e. The molecule has 1 rings (SSSR count). The van der Waals surface area contributed by atoms with Crippen molar-refractivity contribution in [3.63, 3.8) is 0 Å². The Morgan fingerprint density at radius 1 is 1.42 bits per heavy atom. The number of hydrogen-bond donors (Lipinski definition) is 0. The van der Waals surface area contributed by atoms with Crippen LogP contribution >= 0.6 is 11.6 Å². The minimum Gasteiger partial charge on any atom is -0.370 e. The molecule has 0 N–H and O–H groups in total. The molecule has 1 unspecified atom stereocenters. The molecule has 7 heteroatoms. The normalized spacial score (nSPS) is 15.1. The summed E-state index contributed by atoms with van der Waals surface area (Å²) in [4.78, 5) is 15.4. The van der Waals surface area contributed by atoms with Crippen LogP contribution in [0.15, 0.2) is 12.1 Å². The van der Waals surface area contributed by atoms with E-state index in [-0.39, 0.29) is 5.56 Å². The van der Waals surface area contributed by atoms with Gasteiger partial charge in [-0.3, -0.25) is 4.79 Å². The predicted octanol–water partition coefficient (Wildman–Crippen LogP) is 3.75. The number of Topliss-reactive ketones (excluding diaryl/α,β-unsaturated/α-hetero) is 1. The number of alkyl halides is 3. The van der Waals surface area contributed by atoms with Gasteiger partial charge in [0.25, 0.3) is 0 Å². The number of carbonyl (C=O) groups is 1. The van der Waals surface area contributed by atoms with Crippen molar-refractivity contribution in [3.8, 4) is 0 Å². The standard InChI is InChI=1S/C12H13ClF3NO2/c1-4-11(2,19-3)9(18)7-5-6-8(12(14,15)16)17-10(7)13/h5-6H,4H2,1-3H3. The summed E-state index contributed by atoms with van der Waals surface area (Å²) in [7, 11) is 1.35. The molecule has 0 aliphatic heterocycles. The van der Waals surface area contributed by atoms with Crippen LogP contribution in [0.4, 0.5) is 13.2 Å². The van der Waals surface area contributed by atoms with Crippen LogP contribution in [0.1, 0.15) is 36.3 Å². The molecule has 0 radical (unpaired) electrons. The number of rotatable bonds is 4. The quantitative estimate of drug-likeness (QED) is 0.627. The zero-order valence-electron chi connectivity index (χ0n) is 10.6. The topological polar surface area (TPSA) is 39.2 Å². The molecule has 0 bridgehead atoms. The van der Waals surface area contributed by atoms with E-state index in [9.17, 15) is 18.0 Å². The second-order valence-electron chi connectivity index (χ2n) is 4.15. The second kappa shape index (κ2) is 5.46. The van der Waals surface area contributed by atoms with Crippen LogP contribution in [0.3, 0.4) is 0 Å². The first-order valence-corrected chi connectivity index (χ1v) is 5.87. The molecule has 0 aliphatic rings. The summed E-state index contributed by atoms with van der Waals surface area (Å²) in [6.07, 6.45) is -4.24. The van der Waals surface area contributed by atoms with Gasteiger partial charge in [0.15, 0.2) is 5.78 Å². The number of ether oxygens (including phenoxy) is 1. The summed E-state index contributed by atoms with van der Waals surface area (Å²) in [5, 5.41) is -0.475. The summed E-state index contributed by atoms with van der Waals surface area (Å²) >= 11 is 5.66. The van der Waals surface area contributed by atoms with Gasteiger partial charge in [-0.05, 0) is 25.5 Å². The lowest BCUT2D eigenvalue weighted by Gasteiger charge is -2.25. The van der Waals surface area contributed by atoms with Gasteiger partial charge in [-0.1, -0.05) is 18.5 Å². The molecule has 3 nitrogen and oxygen atoms in total. The number of pyridine rings is 1. The van der Waals surface area contributed by atoms with Gasteiger partial charge in [-0.15, -0.1) is 0 Å². The van der Waals surface area contributed by atoms with Gasteiger partial charge >= 0.3 is 6.18 Å². The number of nitrogens with zero attached hydrogens (tertiary/aromatic N) is 1. The van der Waals surface area contributed by atoms with Gasteiger partial charge in [-0.25, -0.2) is 4.98 Å². The van der Waals surface area contributed by atoms with E-state index in [1.54, 1.807) is 13.8 Å². The van der Waals surface area contributed by atoms with E-state index < -0.39 is 28.4 Å². The number of aromatic nitrogens is 1. The third-order valence-electron chi connectivity index (χ3n) is 2.99. The molecule has 1 heterocycles. The van der Waals surface area contributed by atoms with Crippen LogP contribution in [0.25, 0.3) is 0 Å². The van der Waals surface area contributed by atoms with E-state index in [0.717, 1.165) is 12.1 Å². The van der Waals surface area contributed by atoms with Crippen LogP contribution in [-0.2, 0) is 10.9 Å². The van der Waals surface area contributed by atoms with E-state index in [4.69, 9.17) is 16.3 Å². The summed E-state index contributed by atoms with van der Waals surface area (Å²) in [6, 6.07) is 1.75. The highest BCUT2D eigenvalue weighted by atomic mass is 35.5. The third kappa shape index (κ3) is 3.25. The van der Waals surface area contributed by atoms with Crippen molar-refractivity contribution >= 4 is 17.4 Å². The molecular formula is C12H13ClF3NO2. The molecule has 0 saturated heterocycles. The highest BCUT2D eigenvalue weighted by Gasteiger charge is 2.36. The number of ketones is 1. The van der Waals surface area contributed by atoms with Crippen LogP contribution in [0.2, 0.25) is 5.15 Å². The van der Waals surface area contributed by atoms with Crippen molar-refractivity contribution in [2.24, 2.45) is 0 Å². The van der Waals surface area contributed by atoms with Gasteiger partial charge in [-0.2, -0.15) is 13.2 Å². The Bertz CT molecular complexity index is 484. The fourth-order valence-corrected chi connectivity index (χ4v) is 1.68. The first-order valence-electron chi connectivity index (χ1n) is 5.49. The predicted molar refractivity (Wildman–Crippen MR) is 64.3 cm³/mol. The average molecular weight is 296 g/mol. The van der Waals surface area contributed by atoms with E-state index in [1.807, 2.05) is 0 Å². The number of hydrogen-bond acceptors (Lipinski definition) is 3. The highest BCUT2D eigenvalue weighted by molar-refractivity contribution is 6.33. The lowest BCUT2D eigenvalue weighted by molar-refractivity contribution is -0.141. The van der Waals surface area contributed by atoms with Gasteiger partial charge in [0.05, 0.1) is 5.56 Å². The first-order chi connectivity index (χ1) is 8.65. The molecule has 0 spiro atoms. The smallest absolute Gasteiger partial charge is 0.370 e. The van der Waals surface area contributed by atoms with Gasteiger partial charge in [0.2, 0.25) is 0 Å². The molecule has 1 atom stereocenters. The molecule has 0 aromatic carbocycles. The zero-order valence-corrected chi connectivity index (χ0v) is 11.4. The van der Waals surface area contributed by atoms with E-state index >= 15 is 0 Å². The lowest BCUT2D eigenvalue weighted by atomic mass is 9.93. The molecule has 0 saturated carbocycles. The average Bonchev–Trinajstić information content (AvgIpc) is 2.35. The summed E-state index contributed by atoms with van der Waals surface area (Å²) < 4.78 is 42.4. The molecule has 1 aromatic heterocycles. The maximum absolute atomic E-state index is 12.4. The number of halogens is 4. The Morgan fingerprint density at radius 2 is 2.00 bits per heavy atom. The first kappa shape index (κ1) is 15.9. The number of carbonyl (C=O) groups excluding carboxylic acids is 1. The molecule has 0 aliphatic carbocycles. The number of methoxy groups -OCH3 is 1. The van der Waals surface area contributed by atoms with Crippen LogP contribution < -0.4 is 0 Å². The van der Waals surface area contributed by atoms with Gasteiger partial charge in [0, 0.05) is 7.11 Å². The molecular weight excluding hydrogens is 283 g/mol. The second-order valence-corrected chi connectivity index (χ2v) is 4.51. The fraction of sp³-hybridized carbons (Fsp3) is 0.500. The van der Waals surface area contributed by atoms with Crippen molar-refractivity contribution in [1.82, 2.24) is 4.98 Å². The summed E-state index contributed by atoms with van der Waals surface area (Å²) in [6.45, 7) is 3.27. The van der Waals surface area contributed by atoms with Crippen LogP contribution in [0.5, 0.6) is 0 Å². The maximum atomic E-state index is 12.4. The zero-order chi connectivity index (χ0) is 14.8. The van der Waals surface area contributed by atoms with Gasteiger partial charge in [0.1, 0.15) is 16.4 Å². The SMILES string of the molecule is CCC(C)(OC)C(=O)c1ccc(C(F)(F)F)nc1Cl. The van der Waals surface area contributed by atoms with Crippen molar-refractivity contribution in [1.29, 1.82) is 0 Å². The molecule has 0 amide bonds. The van der Waals surface area contributed by atoms with Gasteiger partial charge < -0.3 is 4.74 Å². The Balaban J connectivity index is 3.21. The third-order valence-corrected chi connectivity index (χ3v) is 3.28. The Kier molecular flexibility index (Phi) is 4.58. The minimum absolute atomic E-state index is 0.0825. The summed E-state index contributed by atoms with van der Waals surface area (Å²) in [5.41, 5.74) is -2.35. The monoisotopic (exact) mass is 295 g/mol. The Hall–Kier alpha value is -1.14. The van der Waals surface area contributed by atoms with E-state index in [0.29, 0.717) is 6.42 Å². The van der Waals surface area contributed by atoms with Crippen LogP contribution in [0, 0.1) is 0 Å². The van der Waals surface area contributed by atoms with Crippen molar-refractivity contribution in [2.45, 2.75) is 32.0 Å². The van der Waals surface area contributed by atoms with Crippen molar-refractivity contribution in [3.05, 3.63) is 28.5 Å². The lowest BCUT2D eigenvalue weighted by Crippen LogP contribution is -2.37. The summed E-state index contributed by atoms with van der Waals surface area (Å²) in [5.74, 6) is -0.497.